The van der Waals surface area contributed by atoms with Crippen LogP contribution in [0.25, 0.3) is 0 Å². The standard InChI is InChI=1S/C12H21BrN2S/c1-9(2)10(7-14-3)8-15(4)12-6-5-11(13)16-12/h5-6,9-10,14H,7-8H2,1-4H3. The second-order valence-corrected chi connectivity index (χ2v) is 6.96. The van der Waals surface area contributed by atoms with Gasteiger partial charge in [0.25, 0.3) is 0 Å². The van der Waals surface area contributed by atoms with Crippen LogP contribution >= 0.6 is 27.3 Å². The zero-order chi connectivity index (χ0) is 12.1. The van der Waals surface area contributed by atoms with Crippen LogP contribution in [0.4, 0.5) is 5.00 Å². The molecular weight excluding hydrogens is 284 g/mol. The minimum Gasteiger partial charge on any atom is -0.366 e. The molecule has 0 saturated carbocycles. The molecule has 1 aromatic rings. The van der Waals surface area contributed by atoms with Crippen LogP contribution in [0.3, 0.4) is 0 Å². The zero-order valence-corrected chi connectivity index (χ0v) is 12.9. The molecule has 1 unspecified atom stereocenters. The molecule has 16 heavy (non-hydrogen) atoms. The third-order valence-electron chi connectivity index (χ3n) is 2.85. The van der Waals surface area contributed by atoms with Crippen molar-refractivity contribution in [2.45, 2.75) is 13.8 Å². The molecule has 0 fully saturated rings. The Morgan fingerprint density at radius 2 is 2.12 bits per heavy atom. The minimum atomic E-state index is 0.691. The molecule has 0 aromatic carbocycles. The van der Waals surface area contributed by atoms with E-state index in [1.54, 1.807) is 11.3 Å². The summed E-state index contributed by atoms with van der Waals surface area (Å²) < 4.78 is 1.20. The van der Waals surface area contributed by atoms with Crippen LogP contribution in [0.5, 0.6) is 0 Å². The van der Waals surface area contributed by atoms with Crippen molar-refractivity contribution in [3.05, 3.63) is 15.9 Å². The van der Waals surface area contributed by atoms with Gasteiger partial charge in [0, 0.05) is 13.6 Å². The Hall–Kier alpha value is -0.0600. The molecule has 1 aromatic heterocycles. The Labute approximate surface area is 111 Å². The molecule has 2 nitrogen and oxygen atoms in total. The number of halogens is 1. The Kier molecular flexibility index (Phi) is 5.79. The Bertz CT molecular complexity index is 312. The van der Waals surface area contributed by atoms with Crippen molar-refractivity contribution in [3.8, 4) is 0 Å². The number of anilines is 1. The molecule has 0 radical (unpaired) electrons. The number of hydrogen-bond donors (Lipinski definition) is 1. The van der Waals surface area contributed by atoms with Crippen molar-refractivity contribution >= 4 is 32.3 Å². The van der Waals surface area contributed by atoms with Crippen LogP contribution in [-0.4, -0.2) is 27.2 Å². The second-order valence-electron chi connectivity index (χ2n) is 4.52. The summed E-state index contributed by atoms with van der Waals surface area (Å²) in [5.74, 6) is 1.40. The first kappa shape index (κ1) is 14.0. The fourth-order valence-electron chi connectivity index (χ4n) is 1.72. The zero-order valence-electron chi connectivity index (χ0n) is 10.5. The Morgan fingerprint density at radius 3 is 2.56 bits per heavy atom. The van der Waals surface area contributed by atoms with E-state index in [-0.39, 0.29) is 0 Å². The monoisotopic (exact) mass is 304 g/mol. The van der Waals surface area contributed by atoms with Gasteiger partial charge in [-0.1, -0.05) is 13.8 Å². The van der Waals surface area contributed by atoms with E-state index in [1.807, 2.05) is 7.05 Å². The van der Waals surface area contributed by atoms with Gasteiger partial charge in [-0.05, 0) is 53.5 Å². The van der Waals surface area contributed by atoms with Crippen LogP contribution in [0.15, 0.2) is 15.9 Å². The lowest BCUT2D eigenvalue weighted by Gasteiger charge is -2.27. The van der Waals surface area contributed by atoms with Crippen molar-refractivity contribution in [3.63, 3.8) is 0 Å². The third-order valence-corrected chi connectivity index (χ3v) is 4.59. The Balaban J connectivity index is 2.57. The van der Waals surface area contributed by atoms with Crippen molar-refractivity contribution in [2.75, 3.05) is 32.1 Å². The van der Waals surface area contributed by atoms with E-state index in [0.29, 0.717) is 11.8 Å². The lowest BCUT2D eigenvalue weighted by atomic mass is 9.95. The average molecular weight is 305 g/mol. The number of thiophene rings is 1. The maximum absolute atomic E-state index is 3.51. The summed E-state index contributed by atoms with van der Waals surface area (Å²) in [6, 6.07) is 4.28. The van der Waals surface area contributed by atoms with Gasteiger partial charge >= 0.3 is 0 Å². The number of nitrogens with zero attached hydrogens (tertiary/aromatic N) is 1. The normalized spacial score (nSPS) is 13.1. The highest BCUT2D eigenvalue weighted by Crippen LogP contribution is 2.30. The summed E-state index contributed by atoms with van der Waals surface area (Å²) in [7, 11) is 4.19. The number of hydrogen-bond acceptors (Lipinski definition) is 3. The van der Waals surface area contributed by atoms with Crippen LogP contribution in [0.2, 0.25) is 0 Å². The smallest absolute Gasteiger partial charge is 0.0917 e. The van der Waals surface area contributed by atoms with Crippen LogP contribution in [0.1, 0.15) is 13.8 Å². The topological polar surface area (TPSA) is 15.3 Å². The molecule has 0 amide bonds. The van der Waals surface area contributed by atoms with E-state index in [2.05, 4.69) is 59.2 Å². The highest BCUT2D eigenvalue weighted by Gasteiger charge is 2.15. The van der Waals surface area contributed by atoms with E-state index < -0.39 is 0 Å². The SMILES string of the molecule is CNCC(CN(C)c1ccc(Br)s1)C(C)C. The highest BCUT2D eigenvalue weighted by molar-refractivity contribution is 9.11. The van der Waals surface area contributed by atoms with Gasteiger partial charge < -0.3 is 10.2 Å². The molecule has 1 heterocycles. The maximum atomic E-state index is 3.51. The first-order valence-electron chi connectivity index (χ1n) is 5.65. The summed E-state index contributed by atoms with van der Waals surface area (Å²) in [5, 5.41) is 4.61. The van der Waals surface area contributed by atoms with Gasteiger partial charge in [-0.15, -0.1) is 11.3 Å². The highest BCUT2D eigenvalue weighted by atomic mass is 79.9. The first-order chi connectivity index (χ1) is 7.54. The fourth-order valence-corrected chi connectivity index (χ4v) is 3.06. The molecule has 0 aliphatic heterocycles. The van der Waals surface area contributed by atoms with Crippen molar-refractivity contribution in [2.24, 2.45) is 11.8 Å². The fraction of sp³-hybridized carbons (Fsp3) is 0.667. The molecule has 0 bridgehead atoms. The molecule has 1 rings (SSSR count). The molecule has 0 aliphatic rings. The Morgan fingerprint density at radius 1 is 1.44 bits per heavy atom. The van der Waals surface area contributed by atoms with E-state index in [9.17, 15) is 0 Å². The predicted octanol–water partition coefficient (Wildman–Crippen LogP) is 3.44. The lowest BCUT2D eigenvalue weighted by Crippen LogP contribution is -2.34. The lowest BCUT2D eigenvalue weighted by molar-refractivity contribution is 0.377. The molecule has 1 N–H and O–H groups in total. The second kappa shape index (κ2) is 6.62. The average Bonchev–Trinajstić information content (AvgIpc) is 2.64. The molecule has 0 saturated heterocycles. The summed E-state index contributed by atoms with van der Waals surface area (Å²) in [6.07, 6.45) is 0. The molecular formula is C12H21BrN2S. The quantitative estimate of drug-likeness (QED) is 0.866. The van der Waals surface area contributed by atoms with Crippen LogP contribution < -0.4 is 10.2 Å². The van der Waals surface area contributed by atoms with Crippen LogP contribution in [-0.2, 0) is 0 Å². The van der Waals surface area contributed by atoms with Gasteiger partial charge in [0.1, 0.15) is 0 Å². The van der Waals surface area contributed by atoms with E-state index in [4.69, 9.17) is 0 Å². The molecule has 1 atom stereocenters. The van der Waals surface area contributed by atoms with Crippen molar-refractivity contribution in [1.82, 2.24) is 5.32 Å². The van der Waals surface area contributed by atoms with Crippen molar-refractivity contribution < 1.29 is 0 Å². The molecule has 4 heteroatoms. The predicted molar refractivity (Wildman–Crippen MR) is 77.5 cm³/mol. The largest absolute Gasteiger partial charge is 0.366 e. The van der Waals surface area contributed by atoms with Gasteiger partial charge in [0.15, 0.2) is 0 Å². The molecule has 0 aliphatic carbocycles. The summed E-state index contributed by atoms with van der Waals surface area (Å²) in [4.78, 5) is 2.34. The van der Waals surface area contributed by atoms with E-state index in [0.717, 1.165) is 13.1 Å². The van der Waals surface area contributed by atoms with E-state index in [1.165, 1.54) is 8.79 Å². The number of rotatable bonds is 6. The van der Waals surface area contributed by atoms with Gasteiger partial charge in [0.05, 0.1) is 8.79 Å². The van der Waals surface area contributed by atoms with E-state index >= 15 is 0 Å². The van der Waals surface area contributed by atoms with Gasteiger partial charge in [-0.3, -0.25) is 0 Å². The summed E-state index contributed by atoms with van der Waals surface area (Å²) >= 11 is 5.30. The maximum Gasteiger partial charge on any atom is 0.0917 e. The van der Waals surface area contributed by atoms with Crippen LogP contribution in [0, 0.1) is 11.8 Å². The summed E-state index contributed by atoms with van der Waals surface area (Å²) in [6.45, 7) is 6.76. The first-order valence-corrected chi connectivity index (χ1v) is 7.26. The summed E-state index contributed by atoms with van der Waals surface area (Å²) in [5.41, 5.74) is 0. The van der Waals surface area contributed by atoms with Gasteiger partial charge in [-0.25, -0.2) is 0 Å². The van der Waals surface area contributed by atoms with Crippen molar-refractivity contribution in [1.29, 1.82) is 0 Å². The number of nitrogens with one attached hydrogen (secondary N) is 1. The third kappa shape index (κ3) is 4.07. The van der Waals surface area contributed by atoms with Gasteiger partial charge in [0.2, 0.25) is 0 Å². The minimum absolute atomic E-state index is 0.691. The van der Waals surface area contributed by atoms with Gasteiger partial charge in [-0.2, -0.15) is 0 Å². The molecule has 92 valence electrons. The molecule has 0 spiro atoms.